The van der Waals surface area contributed by atoms with Crippen molar-refractivity contribution in [3.8, 4) is 5.75 Å². The van der Waals surface area contributed by atoms with Gasteiger partial charge < -0.3 is 15.4 Å². The van der Waals surface area contributed by atoms with Crippen molar-refractivity contribution in [3.63, 3.8) is 0 Å². The number of rotatable bonds is 6. The molecule has 0 fully saturated rings. The standard InChI is InChI=1S/C20H18F2N4O2/c1-3-28-15-7-5-14(6-8-15)24-19(27)18-10-12(2)23-20(26-18)25-17-9-4-13(21)11-16(17)22/h4-11H,3H2,1-2H3,(H,24,27)(H,23,25,26). The summed E-state index contributed by atoms with van der Waals surface area (Å²) in [5, 5.41) is 5.39. The molecular weight excluding hydrogens is 366 g/mol. The van der Waals surface area contributed by atoms with Crippen LogP contribution in [0.5, 0.6) is 5.75 Å². The second-order valence-corrected chi connectivity index (χ2v) is 5.88. The van der Waals surface area contributed by atoms with Crippen molar-refractivity contribution in [2.24, 2.45) is 0 Å². The molecule has 2 aromatic carbocycles. The lowest BCUT2D eigenvalue weighted by Gasteiger charge is -2.10. The van der Waals surface area contributed by atoms with Crippen molar-refractivity contribution in [2.45, 2.75) is 13.8 Å². The first kappa shape index (κ1) is 19.2. The van der Waals surface area contributed by atoms with Crippen molar-refractivity contribution in [1.82, 2.24) is 9.97 Å². The van der Waals surface area contributed by atoms with E-state index in [1.54, 1.807) is 31.2 Å². The maximum atomic E-state index is 13.8. The Bertz CT molecular complexity index is 994. The minimum absolute atomic E-state index is 0.00451. The Hall–Kier alpha value is -3.55. The van der Waals surface area contributed by atoms with Gasteiger partial charge in [0.05, 0.1) is 12.3 Å². The van der Waals surface area contributed by atoms with Crippen LogP contribution in [0.15, 0.2) is 48.5 Å². The van der Waals surface area contributed by atoms with Gasteiger partial charge in [-0.05, 0) is 56.3 Å². The van der Waals surface area contributed by atoms with Gasteiger partial charge in [-0.2, -0.15) is 0 Å². The van der Waals surface area contributed by atoms with E-state index < -0.39 is 17.5 Å². The van der Waals surface area contributed by atoms with Crippen molar-refractivity contribution in [1.29, 1.82) is 0 Å². The molecule has 0 aliphatic heterocycles. The zero-order valence-electron chi connectivity index (χ0n) is 15.3. The molecule has 8 heteroatoms. The van der Waals surface area contributed by atoms with E-state index in [1.807, 2.05) is 6.92 Å². The van der Waals surface area contributed by atoms with Crippen LogP contribution in [-0.4, -0.2) is 22.5 Å². The average molecular weight is 384 g/mol. The first-order chi connectivity index (χ1) is 13.4. The van der Waals surface area contributed by atoms with Gasteiger partial charge in [0.1, 0.15) is 23.1 Å². The van der Waals surface area contributed by atoms with Crippen molar-refractivity contribution < 1.29 is 18.3 Å². The van der Waals surface area contributed by atoms with Crippen LogP contribution in [0.1, 0.15) is 23.1 Å². The lowest BCUT2D eigenvalue weighted by molar-refractivity contribution is 0.102. The van der Waals surface area contributed by atoms with Gasteiger partial charge in [0.25, 0.3) is 5.91 Å². The highest BCUT2D eigenvalue weighted by Crippen LogP contribution is 2.20. The minimum atomic E-state index is -0.787. The van der Waals surface area contributed by atoms with Crippen LogP contribution in [0.2, 0.25) is 0 Å². The van der Waals surface area contributed by atoms with Gasteiger partial charge in [-0.25, -0.2) is 18.7 Å². The number of hydrogen-bond donors (Lipinski definition) is 2. The van der Waals surface area contributed by atoms with E-state index in [9.17, 15) is 13.6 Å². The van der Waals surface area contributed by atoms with Gasteiger partial charge in [-0.3, -0.25) is 4.79 Å². The average Bonchev–Trinajstić information content (AvgIpc) is 2.65. The number of aryl methyl sites for hydroxylation is 1. The summed E-state index contributed by atoms with van der Waals surface area (Å²) in [5.41, 5.74) is 1.19. The molecule has 0 saturated heterocycles. The van der Waals surface area contributed by atoms with Gasteiger partial charge in [-0.15, -0.1) is 0 Å². The Balaban J connectivity index is 1.77. The van der Waals surface area contributed by atoms with E-state index in [-0.39, 0.29) is 17.3 Å². The number of halogens is 2. The van der Waals surface area contributed by atoms with E-state index in [2.05, 4.69) is 20.6 Å². The van der Waals surface area contributed by atoms with Crippen LogP contribution in [0.3, 0.4) is 0 Å². The lowest BCUT2D eigenvalue weighted by atomic mass is 10.2. The van der Waals surface area contributed by atoms with E-state index in [4.69, 9.17) is 4.74 Å². The van der Waals surface area contributed by atoms with Crippen LogP contribution in [0.25, 0.3) is 0 Å². The number of anilines is 3. The summed E-state index contributed by atoms with van der Waals surface area (Å²) in [6.45, 7) is 4.12. The highest BCUT2D eigenvalue weighted by atomic mass is 19.1. The smallest absolute Gasteiger partial charge is 0.274 e. The summed E-state index contributed by atoms with van der Waals surface area (Å²) in [6, 6.07) is 11.5. The molecule has 1 amide bonds. The topological polar surface area (TPSA) is 76.1 Å². The van der Waals surface area contributed by atoms with Crippen LogP contribution in [-0.2, 0) is 0 Å². The number of nitrogens with one attached hydrogen (secondary N) is 2. The third kappa shape index (κ3) is 4.79. The Morgan fingerprint density at radius 3 is 2.50 bits per heavy atom. The number of ether oxygens (including phenoxy) is 1. The number of amides is 1. The Kier molecular flexibility index (Phi) is 5.78. The molecule has 0 aliphatic rings. The maximum Gasteiger partial charge on any atom is 0.274 e. The fourth-order valence-corrected chi connectivity index (χ4v) is 2.45. The third-order valence-corrected chi connectivity index (χ3v) is 3.69. The quantitative estimate of drug-likeness (QED) is 0.656. The molecule has 1 aromatic heterocycles. The highest BCUT2D eigenvalue weighted by Gasteiger charge is 2.13. The molecule has 144 valence electrons. The molecule has 0 aliphatic carbocycles. The van der Waals surface area contributed by atoms with Gasteiger partial charge in [0.15, 0.2) is 0 Å². The van der Waals surface area contributed by atoms with Crippen LogP contribution < -0.4 is 15.4 Å². The fourth-order valence-electron chi connectivity index (χ4n) is 2.45. The Morgan fingerprint density at radius 2 is 1.82 bits per heavy atom. The summed E-state index contributed by atoms with van der Waals surface area (Å²) >= 11 is 0. The summed E-state index contributed by atoms with van der Waals surface area (Å²) in [4.78, 5) is 20.8. The molecule has 6 nitrogen and oxygen atoms in total. The fraction of sp³-hybridized carbons (Fsp3) is 0.150. The number of nitrogens with zero attached hydrogens (tertiary/aromatic N) is 2. The van der Waals surface area contributed by atoms with Gasteiger partial charge in [-0.1, -0.05) is 0 Å². The summed E-state index contributed by atoms with van der Waals surface area (Å²) in [5.74, 6) is -1.19. The largest absolute Gasteiger partial charge is 0.494 e. The molecule has 0 spiro atoms. The first-order valence-electron chi connectivity index (χ1n) is 8.56. The van der Waals surface area contributed by atoms with E-state index in [1.165, 1.54) is 12.1 Å². The SMILES string of the molecule is CCOc1ccc(NC(=O)c2cc(C)nc(Nc3ccc(F)cc3F)n2)cc1. The molecular formula is C20H18F2N4O2. The molecule has 0 bridgehead atoms. The molecule has 0 unspecified atom stereocenters. The molecule has 2 N–H and O–H groups in total. The molecule has 0 atom stereocenters. The molecule has 28 heavy (non-hydrogen) atoms. The predicted molar refractivity (Wildman–Crippen MR) is 102 cm³/mol. The molecule has 0 saturated carbocycles. The first-order valence-corrected chi connectivity index (χ1v) is 8.56. The van der Waals surface area contributed by atoms with Gasteiger partial charge >= 0.3 is 0 Å². The summed E-state index contributed by atoms with van der Waals surface area (Å²) in [7, 11) is 0. The summed E-state index contributed by atoms with van der Waals surface area (Å²) in [6.07, 6.45) is 0. The third-order valence-electron chi connectivity index (χ3n) is 3.69. The zero-order valence-corrected chi connectivity index (χ0v) is 15.3. The van der Waals surface area contributed by atoms with E-state index >= 15 is 0 Å². The number of carbonyl (C=O) groups excluding carboxylic acids is 1. The van der Waals surface area contributed by atoms with Crippen LogP contribution >= 0.6 is 0 Å². The molecule has 0 radical (unpaired) electrons. The number of hydrogen-bond acceptors (Lipinski definition) is 5. The van der Waals surface area contributed by atoms with Gasteiger partial charge in [0, 0.05) is 17.4 Å². The van der Waals surface area contributed by atoms with Crippen molar-refractivity contribution >= 4 is 23.2 Å². The predicted octanol–water partition coefficient (Wildman–Crippen LogP) is 4.46. The van der Waals surface area contributed by atoms with Crippen LogP contribution in [0.4, 0.5) is 26.1 Å². The van der Waals surface area contributed by atoms with Crippen molar-refractivity contribution in [2.75, 3.05) is 17.2 Å². The second-order valence-electron chi connectivity index (χ2n) is 5.88. The highest BCUT2D eigenvalue weighted by molar-refractivity contribution is 6.03. The molecule has 1 heterocycles. The number of benzene rings is 2. The maximum absolute atomic E-state index is 13.8. The minimum Gasteiger partial charge on any atom is -0.494 e. The summed E-state index contributed by atoms with van der Waals surface area (Å²) < 4.78 is 32.2. The Labute approximate surface area is 160 Å². The van der Waals surface area contributed by atoms with Gasteiger partial charge in [0.2, 0.25) is 5.95 Å². The zero-order chi connectivity index (χ0) is 20.1. The van der Waals surface area contributed by atoms with Crippen molar-refractivity contribution in [3.05, 3.63) is 71.6 Å². The van der Waals surface area contributed by atoms with Crippen LogP contribution in [0, 0.1) is 18.6 Å². The number of carbonyl (C=O) groups is 1. The van der Waals surface area contributed by atoms with E-state index in [0.717, 1.165) is 12.1 Å². The monoisotopic (exact) mass is 384 g/mol. The molecule has 3 rings (SSSR count). The Morgan fingerprint density at radius 1 is 1.07 bits per heavy atom. The van der Waals surface area contributed by atoms with E-state index in [0.29, 0.717) is 23.7 Å². The normalized spacial score (nSPS) is 10.4. The lowest BCUT2D eigenvalue weighted by Crippen LogP contribution is -2.15. The molecule has 3 aromatic rings. The second kappa shape index (κ2) is 8.43. The number of aromatic nitrogens is 2.